The van der Waals surface area contributed by atoms with Crippen LogP contribution in [0.3, 0.4) is 0 Å². The predicted octanol–water partition coefficient (Wildman–Crippen LogP) is 2.86. The molecule has 0 unspecified atom stereocenters. The molecule has 0 aromatic heterocycles. The van der Waals surface area contributed by atoms with Gasteiger partial charge in [0.2, 0.25) is 0 Å². The lowest BCUT2D eigenvalue weighted by Crippen LogP contribution is -2.60. The third-order valence-corrected chi connectivity index (χ3v) is 3.81. The number of nitrogens with one attached hydrogen (secondary N) is 1. The molecule has 0 spiro atoms. The number of ether oxygens (including phenoxy) is 2. The van der Waals surface area contributed by atoms with Gasteiger partial charge in [-0.1, -0.05) is 20.8 Å². The smallest absolute Gasteiger partial charge is 0.413 e. The van der Waals surface area contributed by atoms with E-state index in [-0.39, 0.29) is 18.4 Å². The molecule has 1 heterocycles. The van der Waals surface area contributed by atoms with Crippen molar-refractivity contribution in [2.24, 2.45) is 5.41 Å². The van der Waals surface area contributed by atoms with Gasteiger partial charge in [-0.05, 0) is 39.0 Å². The topological polar surface area (TPSA) is 67.9 Å². The highest BCUT2D eigenvalue weighted by Gasteiger charge is 2.59. The molecule has 0 aromatic rings. The summed E-state index contributed by atoms with van der Waals surface area (Å²) in [5.74, 6) is -3.42. The third-order valence-electron chi connectivity index (χ3n) is 3.81. The van der Waals surface area contributed by atoms with Crippen LogP contribution in [0.25, 0.3) is 0 Å². The quantitative estimate of drug-likeness (QED) is 0.795. The van der Waals surface area contributed by atoms with E-state index in [1.807, 2.05) is 20.8 Å². The first-order valence-corrected chi connectivity index (χ1v) is 8.32. The first-order chi connectivity index (χ1) is 10.8. The number of carbonyl (C=O) groups is 2. The lowest BCUT2D eigenvalue weighted by molar-refractivity contribution is -0.155. The van der Waals surface area contributed by atoms with Crippen LogP contribution >= 0.6 is 0 Å². The summed E-state index contributed by atoms with van der Waals surface area (Å²) in [7, 11) is 1.33. The van der Waals surface area contributed by atoms with Gasteiger partial charge in [-0.3, -0.25) is 9.69 Å². The van der Waals surface area contributed by atoms with Crippen molar-refractivity contribution in [3.63, 3.8) is 0 Å². The summed E-state index contributed by atoms with van der Waals surface area (Å²) in [6.07, 6.45) is -0.937. The Morgan fingerprint density at radius 2 is 1.83 bits per heavy atom. The average Bonchev–Trinajstić information content (AvgIpc) is 2.73. The summed E-state index contributed by atoms with van der Waals surface area (Å²) in [4.78, 5) is 25.6. The van der Waals surface area contributed by atoms with Crippen LogP contribution in [0.2, 0.25) is 0 Å². The van der Waals surface area contributed by atoms with E-state index >= 15 is 4.39 Å². The Morgan fingerprint density at radius 1 is 1.25 bits per heavy atom. The molecular weight excluding hydrogens is 315 g/mol. The van der Waals surface area contributed by atoms with Crippen LogP contribution < -0.4 is 5.32 Å². The molecule has 24 heavy (non-hydrogen) atoms. The van der Waals surface area contributed by atoms with Crippen molar-refractivity contribution >= 4 is 12.0 Å². The van der Waals surface area contributed by atoms with Gasteiger partial charge < -0.3 is 14.8 Å². The minimum absolute atomic E-state index is 0.0118. The van der Waals surface area contributed by atoms with Gasteiger partial charge in [0.05, 0.1) is 0 Å². The van der Waals surface area contributed by atoms with Crippen LogP contribution in [-0.2, 0) is 14.3 Å². The SMILES string of the molecule is CO[C@H]1CCN(C(=O)OC(C)(C)C)[C@@]1(F)C(=O)NCCC(C)(C)C. The van der Waals surface area contributed by atoms with Crippen LogP contribution in [0.5, 0.6) is 0 Å². The summed E-state index contributed by atoms with van der Waals surface area (Å²) < 4.78 is 25.9. The fourth-order valence-corrected chi connectivity index (χ4v) is 2.53. The van der Waals surface area contributed by atoms with Crippen molar-refractivity contribution in [3.05, 3.63) is 0 Å². The Hall–Kier alpha value is -1.37. The van der Waals surface area contributed by atoms with Gasteiger partial charge in [0.1, 0.15) is 11.7 Å². The van der Waals surface area contributed by atoms with Gasteiger partial charge in [0.15, 0.2) is 0 Å². The number of amides is 2. The molecule has 0 saturated carbocycles. The zero-order chi connectivity index (χ0) is 18.8. The van der Waals surface area contributed by atoms with E-state index in [0.717, 1.165) is 4.90 Å². The highest BCUT2D eigenvalue weighted by atomic mass is 19.1. The summed E-state index contributed by atoms with van der Waals surface area (Å²) in [5.41, 5.74) is -0.760. The molecule has 1 aliphatic heterocycles. The zero-order valence-electron chi connectivity index (χ0n) is 15.9. The van der Waals surface area contributed by atoms with E-state index in [0.29, 0.717) is 13.0 Å². The molecule has 6 nitrogen and oxygen atoms in total. The van der Waals surface area contributed by atoms with Crippen LogP contribution in [0.15, 0.2) is 0 Å². The number of methoxy groups -OCH3 is 1. The largest absolute Gasteiger partial charge is 0.444 e. The predicted molar refractivity (Wildman–Crippen MR) is 89.3 cm³/mol. The Bertz CT molecular complexity index is 470. The fraction of sp³-hybridized carbons (Fsp3) is 0.882. The van der Waals surface area contributed by atoms with E-state index in [4.69, 9.17) is 9.47 Å². The normalized spacial score (nSPS) is 24.8. The number of halogens is 1. The van der Waals surface area contributed by atoms with Crippen molar-refractivity contribution < 1.29 is 23.5 Å². The van der Waals surface area contributed by atoms with E-state index in [9.17, 15) is 9.59 Å². The van der Waals surface area contributed by atoms with Gasteiger partial charge >= 0.3 is 6.09 Å². The minimum Gasteiger partial charge on any atom is -0.444 e. The lowest BCUT2D eigenvalue weighted by atomic mass is 9.92. The molecule has 1 rings (SSSR count). The molecule has 0 aromatic carbocycles. The van der Waals surface area contributed by atoms with Crippen molar-refractivity contribution in [3.8, 4) is 0 Å². The Labute approximate surface area is 144 Å². The lowest BCUT2D eigenvalue weighted by Gasteiger charge is -2.34. The van der Waals surface area contributed by atoms with E-state index in [1.54, 1.807) is 20.8 Å². The molecule has 1 aliphatic rings. The van der Waals surface area contributed by atoms with Crippen LogP contribution in [-0.4, -0.2) is 54.6 Å². The summed E-state index contributed by atoms with van der Waals surface area (Å²) in [6, 6.07) is 0. The summed E-state index contributed by atoms with van der Waals surface area (Å²) in [6.45, 7) is 11.6. The molecule has 1 saturated heterocycles. The number of likely N-dealkylation sites (tertiary alicyclic amines) is 1. The standard InChI is InChI=1S/C17H31FN2O4/c1-15(2,3)9-10-19-13(21)17(18)12(23-7)8-11-20(17)14(22)24-16(4,5)6/h12H,8-11H2,1-7H3,(H,19,21)/t12-,17+/m0/s1. The fourth-order valence-electron chi connectivity index (χ4n) is 2.53. The second-order valence-electron chi connectivity index (χ2n) is 8.38. The van der Waals surface area contributed by atoms with Gasteiger partial charge in [-0.25, -0.2) is 9.18 Å². The number of hydrogen-bond donors (Lipinski definition) is 1. The number of hydrogen-bond acceptors (Lipinski definition) is 4. The number of rotatable bonds is 4. The van der Waals surface area contributed by atoms with E-state index < -0.39 is 29.5 Å². The molecule has 2 amide bonds. The second kappa shape index (κ2) is 7.25. The van der Waals surface area contributed by atoms with Gasteiger partial charge in [-0.2, -0.15) is 0 Å². The average molecular weight is 346 g/mol. The number of alkyl halides is 1. The molecule has 1 N–H and O–H groups in total. The molecule has 0 bridgehead atoms. The maximum Gasteiger partial charge on any atom is 0.413 e. The zero-order valence-corrected chi connectivity index (χ0v) is 15.9. The highest BCUT2D eigenvalue weighted by molar-refractivity contribution is 5.89. The van der Waals surface area contributed by atoms with Gasteiger partial charge in [-0.15, -0.1) is 0 Å². The molecular formula is C17H31FN2O4. The molecule has 0 aliphatic carbocycles. The van der Waals surface area contributed by atoms with E-state index in [2.05, 4.69) is 5.32 Å². The van der Waals surface area contributed by atoms with Gasteiger partial charge in [0, 0.05) is 20.2 Å². The van der Waals surface area contributed by atoms with Crippen LogP contribution in [0.1, 0.15) is 54.4 Å². The molecule has 1 fully saturated rings. The van der Waals surface area contributed by atoms with Crippen molar-refractivity contribution in [2.45, 2.75) is 71.9 Å². The molecule has 2 atom stereocenters. The monoisotopic (exact) mass is 346 g/mol. The molecule has 7 heteroatoms. The first kappa shape index (κ1) is 20.7. The van der Waals surface area contributed by atoms with Crippen molar-refractivity contribution in [1.29, 1.82) is 0 Å². The molecule has 140 valence electrons. The van der Waals surface area contributed by atoms with Crippen LogP contribution in [0.4, 0.5) is 9.18 Å². The third kappa shape index (κ3) is 5.06. The Morgan fingerprint density at radius 3 is 2.29 bits per heavy atom. The minimum atomic E-state index is -2.56. The number of carbonyl (C=O) groups excluding carboxylic acids is 2. The van der Waals surface area contributed by atoms with Crippen molar-refractivity contribution in [1.82, 2.24) is 10.2 Å². The maximum atomic E-state index is 15.6. The maximum absolute atomic E-state index is 15.6. The summed E-state index contributed by atoms with van der Waals surface area (Å²) >= 11 is 0. The number of nitrogens with zero attached hydrogens (tertiary/aromatic N) is 1. The molecule has 0 radical (unpaired) electrons. The first-order valence-electron chi connectivity index (χ1n) is 8.32. The second-order valence-corrected chi connectivity index (χ2v) is 8.38. The Balaban J connectivity index is 2.89. The van der Waals surface area contributed by atoms with E-state index in [1.165, 1.54) is 7.11 Å². The van der Waals surface area contributed by atoms with Crippen LogP contribution in [0, 0.1) is 5.41 Å². The van der Waals surface area contributed by atoms with Crippen molar-refractivity contribution in [2.75, 3.05) is 20.2 Å². The Kier molecular flexibility index (Phi) is 6.25. The van der Waals surface area contributed by atoms with Gasteiger partial charge in [0.25, 0.3) is 11.7 Å². The highest BCUT2D eigenvalue weighted by Crippen LogP contribution is 2.35. The summed E-state index contributed by atoms with van der Waals surface area (Å²) in [5, 5.41) is 2.59.